The normalized spacial score (nSPS) is 26.0. The summed E-state index contributed by atoms with van der Waals surface area (Å²) in [4.78, 5) is 17.1. The molecule has 5 nitrogen and oxygen atoms in total. The number of aromatic nitrogens is 3. The molecule has 144 valence electrons. The molecule has 0 saturated heterocycles. The minimum atomic E-state index is -2.22. The minimum Gasteiger partial charge on any atom is -0.407 e. The highest BCUT2D eigenvalue weighted by Gasteiger charge is 2.45. The fourth-order valence-electron chi connectivity index (χ4n) is 3.20. The van der Waals surface area contributed by atoms with Crippen molar-refractivity contribution >= 4 is 14.1 Å². The van der Waals surface area contributed by atoms with Crippen LogP contribution in [-0.4, -0.2) is 28.9 Å². The Bertz CT molecular complexity index is 902. The van der Waals surface area contributed by atoms with Crippen LogP contribution >= 0.6 is 0 Å². The topological polar surface area (TPSA) is 57.0 Å². The third-order valence-electron chi connectivity index (χ3n) is 6.09. The van der Waals surface area contributed by atoms with Gasteiger partial charge in [-0.25, -0.2) is 9.67 Å². The molecule has 4 rings (SSSR count). The van der Waals surface area contributed by atoms with E-state index in [2.05, 4.69) is 43.9 Å². The van der Waals surface area contributed by atoms with Gasteiger partial charge < -0.3 is 4.43 Å². The number of benzene rings is 1. The zero-order chi connectivity index (χ0) is 20.3. The molecule has 1 fully saturated rings. The maximum atomic E-state index is 12.6. The van der Waals surface area contributed by atoms with Gasteiger partial charge in [-0.05, 0) is 36.5 Å². The highest BCUT2D eigenvalue weighted by Crippen LogP contribution is 2.45. The maximum absolute atomic E-state index is 12.6. The first-order valence-corrected chi connectivity index (χ1v) is 12.7. The lowest BCUT2D eigenvalue weighted by molar-refractivity contribution is 0.0956. The highest BCUT2D eigenvalue weighted by molar-refractivity contribution is 6.74. The quantitative estimate of drug-likeness (QED) is 0.542. The second-order valence-electron chi connectivity index (χ2n) is 9.26. The van der Waals surface area contributed by atoms with Crippen LogP contribution in [-0.2, 0) is 4.43 Å². The molecule has 1 aromatic carbocycles. The van der Waals surface area contributed by atoms with E-state index in [-0.39, 0.29) is 28.6 Å². The number of carbonyl (C=O) groups excluding carboxylic acids is 1. The van der Waals surface area contributed by atoms with Crippen LogP contribution in [0.1, 0.15) is 75.5 Å². The summed E-state index contributed by atoms with van der Waals surface area (Å²) in [6, 6.07) is 9.88. The number of nitrogens with zero attached hydrogens (tertiary/aromatic N) is 3. The maximum Gasteiger partial charge on any atom is 0.217 e. The van der Waals surface area contributed by atoms with Crippen LogP contribution in [0.4, 0.5) is 0 Å². The Kier molecular flexibility index (Phi) is 4.09. The molecule has 2 aliphatic rings. The number of carbonyl (C=O) groups is 1. The molecule has 6 heteroatoms. The Morgan fingerprint density at radius 1 is 1.26 bits per heavy atom. The first-order valence-electron chi connectivity index (χ1n) is 10.3. The minimum absolute atomic E-state index is 0.00314. The van der Waals surface area contributed by atoms with Gasteiger partial charge in [-0.1, -0.05) is 51.1 Å². The summed E-state index contributed by atoms with van der Waals surface area (Å²) in [5.41, 5.74) is 1.06. The van der Waals surface area contributed by atoms with Gasteiger partial charge in [0, 0.05) is 12.3 Å². The molecule has 1 aromatic heterocycles. The third-order valence-corrected chi connectivity index (χ3v) is 10.5. The second kappa shape index (κ2) is 6.38. The molecule has 1 aliphatic carbocycles. The summed E-state index contributed by atoms with van der Waals surface area (Å²) in [7, 11) is -2.22. The van der Waals surface area contributed by atoms with Crippen LogP contribution < -0.4 is 0 Å². The smallest absolute Gasteiger partial charge is 0.217 e. The largest absolute Gasteiger partial charge is 0.407 e. The van der Waals surface area contributed by atoms with E-state index in [9.17, 15) is 6.17 Å². The first-order chi connectivity index (χ1) is 13.0. The van der Waals surface area contributed by atoms with Crippen LogP contribution in [0.2, 0.25) is 18.1 Å². The van der Waals surface area contributed by atoms with E-state index in [0.717, 1.165) is 18.4 Å². The molecule has 0 spiro atoms. The van der Waals surface area contributed by atoms with Crippen molar-refractivity contribution in [3.63, 3.8) is 0 Å². The summed E-state index contributed by atoms with van der Waals surface area (Å²) in [5, 5.41) is 4.54. The van der Waals surface area contributed by atoms with E-state index in [1.807, 2.05) is 30.3 Å². The van der Waals surface area contributed by atoms with Gasteiger partial charge in [0.1, 0.15) is 6.08 Å². The molecule has 0 N–H and O–H groups in total. The van der Waals surface area contributed by atoms with E-state index in [1.54, 1.807) is 4.68 Å². The van der Waals surface area contributed by atoms with Crippen LogP contribution in [0, 0.1) is 5.92 Å². The Balaban J connectivity index is 1.76. The number of hydrogen-bond acceptors (Lipinski definition) is 4. The molecule has 1 aliphatic heterocycles. The van der Waals surface area contributed by atoms with Crippen LogP contribution in [0.5, 0.6) is 0 Å². The van der Waals surface area contributed by atoms with Crippen molar-refractivity contribution < 1.29 is 10.6 Å². The zero-order valence-electron chi connectivity index (χ0n) is 17.8. The molecule has 1 saturated carbocycles. The molecule has 2 aromatic rings. The monoisotopic (exact) mass is 384 g/mol. The van der Waals surface area contributed by atoms with Crippen molar-refractivity contribution in [2.45, 2.75) is 70.3 Å². The van der Waals surface area contributed by atoms with Crippen LogP contribution in [0.3, 0.4) is 0 Å². The predicted molar refractivity (Wildman–Crippen MR) is 107 cm³/mol. The van der Waals surface area contributed by atoms with Crippen molar-refractivity contribution in [2.75, 3.05) is 0 Å². The average Bonchev–Trinajstić information content (AvgIpc) is 3.30. The molecule has 2 heterocycles. The molecule has 2 atom stereocenters. The van der Waals surface area contributed by atoms with E-state index in [1.165, 1.54) is 0 Å². The van der Waals surface area contributed by atoms with E-state index < -0.39 is 14.4 Å². The predicted octanol–water partition coefficient (Wildman–Crippen LogP) is 4.93. The lowest BCUT2D eigenvalue weighted by Crippen LogP contribution is -2.41. The summed E-state index contributed by atoms with van der Waals surface area (Å²) < 4.78 is 17.6. The summed E-state index contributed by atoms with van der Waals surface area (Å²) in [5.74, 6) is 0.770. The van der Waals surface area contributed by atoms with Gasteiger partial charge in [0.25, 0.3) is 0 Å². The Morgan fingerprint density at radius 2 is 1.93 bits per heavy atom. The standard InChI is InChI=1S/C21H29N3O2Si/c1-21(2,3)27(4,5)26-17-13-16(14-9-7-6-8-10-14)24-20(17)22-19(23-24)18(25)15-11-12-15/h6-10,15-17H,11-13H2,1-5H3/i17D. The van der Waals surface area contributed by atoms with Gasteiger partial charge in [-0.3, -0.25) is 4.79 Å². The highest BCUT2D eigenvalue weighted by atomic mass is 28.4. The van der Waals surface area contributed by atoms with Crippen molar-refractivity contribution in [1.29, 1.82) is 0 Å². The summed E-state index contributed by atoms with van der Waals surface area (Å²) >= 11 is 0. The summed E-state index contributed by atoms with van der Waals surface area (Å²) in [6.07, 6.45) is 0.990. The van der Waals surface area contributed by atoms with Crippen molar-refractivity contribution in [1.82, 2.24) is 14.8 Å². The van der Waals surface area contributed by atoms with Crippen molar-refractivity contribution in [3.8, 4) is 0 Å². The molecular formula is C21H29N3O2Si. The van der Waals surface area contributed by atoms with Crippen LogP contribution in [0.15, 0.2) is 30.3 Å². The molecule has 0 radical (unpaired) electrons. The molecule has 27 heavy (non-hydrogen) atoms. The number of Topliss-reactive ketones (excluding diaryl/α,β-unsaturated/α-hetero) is 1. The second-order valence-corrected chi connectivity index (χ2v) is 14.0. The van der Waals surface area contributed by atoms with Gasteiger partial charge in [0.05, 0.1) is 7.41 Å². The lowest BCUT2D eigenvalue weighted by Gasteiger charge is -2.38. The Labute approximate surface area is 163 Å². The SMILES string of the molecule is [2H]C1(O[Si](C)(C)C(C)(C)C)CC(c2ccccc2)n2nc(C(=O)C3CC3)nc21. The summed E-state index contributed by atoms with van der Waals surface area (Å²) in [6.45, 7) is 10.8. The van der Waals surface area contributed by atoms with Gasteiger partial charge in [-0.2, -0.15) is 0 Å². The fraction of sp³-hybridized carbons (Fsp3) is 0.571. The molecule has 0 bridgehead atoms. The third kappa shape index (κ3) is 3.41. The first kappa shape index (κ1) is 17.3. The van der Waals surface area contributed by atoms with Gasteiger partial charge in [0.2, 0.25) is 11.6 Å². The van der Waals surface area contributed by atoms with E-state index in [4.69, 9.17) is 4.43 Å². The van der Waals surface area contributed by atoms with Crippen molar-refractivity contribution in [2.24, 2.45) is 5.92 Å². The number of hydrogen-bond donors (Lipinski definition) is 0. The molecule has 0 amide bonds. The average molecular weight is 385 g/mol. The van der Waals surface area contributed by atoms with Gasteiger partial charge >= 0.3 is 0 Å². The zero-order valence-corrected chi connectivity index (χ0v) is 17.8. The number of fused-ring (bicyclic) bond motifs is 1. The Morgan fingerprint density at radius 3 is 2.52 bits per heavy atom. The van der Waals surface area contributed by atoms with Gasteiger partial charge in [0.15, 0.2) is 14.1 Å². The van der Waals surface area contributed by atoms with Crippen LogP contribution in [0.25, 0.3) is 0 Å². The lowest BCUT2D eigenvalue weighted by atomic mass is 10.0. The van der Waals surface area contributed by atoms with E-state index >= 15 is 0 Å². The van der Waals surface area contributed by atoms with E-state index in [0.29, 0.717) is 12.2 Å². The van der Waals surface area contributed by atoms with Crippen molar-refractivity contribution in [3.05, 3.63) is 47.5 Å². The molecular weight excluding hydrogens is 354 g/mol. The molecule has 2 unspecified atom stereocenters. The van der Waals surface area contributed by atoms with Gasteiger partial charge in [-0.15, -0.1) is 5.10 Å². The number of rotatable bonds is 5. The Hall–Kier alpha value is -1.79. The fourth-order valence-corrected chi connectivity index (χ4v) is 4.30. The number of ketones is 1.